The van der Waals surface area contributed by atoms with Gasteiger partial charge in [-0.2, -0.15) is 0 Å². The zero-order valence-corrected chi connectivity index (χ0v) is 30.1. The highest BCUT2D eigenvalue weighted by Crippen LogP contribution is 2.23. The maximum atomic E-state index is 4.14. The summed E-state index contributed by atoms with van der Waals surface area (Å²) in [6.45, 7) is 31.1. The standard InChI is InChI=1S/3C9H12N4.3C2H6/c1-9(2,3)7-4-10-5-8-12-11-6-13(7)8;1-9(2,3)8-12-11-7-6-10-4-5-13(7)8;1-9(2,3)8-7-6-10-4-5-13(7)12-11-8;3*1-2/h3*4-6H,1-3H3;3*1-2H3. The molecular formula is C33H54N12. The highest BCUT2D eigenvalue weighted by atomic mass is 15.4. The summed E-state index contributed by atoms with van der Waals surface area (Å²) in [7, 11) is 0. The topological polar surface area (TPSA) is 129 Å². The molecule has 6 aromatic rings. The van der Waals surface area contributed by atoms with Crippen molar-refractivity contribution in [2.24, 2.45) is 0 Å². The molecule has 12 nitrogen and oxygen atoms in total. The Balaban J connectivity index is 0.000000311. The molecule has 0 radical (unpaired) electrons. The summed E-state index contributed by atoms with van der Waals surface area (Å²) in [6, 6.07) is 0. The van der Waals surface area contributed by atoms with Crippen LogP contribution in [0.4, 0.5) is 0 Å². The van der Waals surface area contributed by atoms with Crippen molar-refractivity contribution in [1.29, 1.82) is 0 Å². The molecule has 6 heterocycles. The number of aromatic nitrogens is 12. The lowest BCUT2D eigenvalue weighted by Gasteiger charge is -2.19. The summed E-state index contributed by atoms with van der Waals surface area (Å²) in [4.78, 5) is 12.2. The van der Waals surface area contributed by atoms with Gasteiger partial charge >= 0.3 is 0 Å². The number of fused-ring (bicyclic) bond motifs is 3. The van der Waals surface area contributed by atoms with Crippen molar-refractivity contribution in [2.75, 3.05) is 0 Å². The van der Waals surface area contributed by atoms with E-state index in [2.05, 4.69) is 108 Å². The molecule has 0 atom stereocenters. The summed E-state index contributed by atoms with van der Waals surface area (Å²) in [5, 5.41) is 24.1. The van der Waals surface area contributed by atoms with Gasteiger partial charge in [-0.15, -0.1) is 25.5 Å². The lowest BCUT2D eigenvalue weighted by molar-refractivity contribution is 0.538. The van der Waals surface area contributed by atoms with Crippen molar-refractivity contribution in [3.05, 3.63) is 73.1 Å². The van der Waals surface area contributed by atoms with E-state index >= 15 is 0 Å². The van der Waals surface area contributed by atoms with Crippen molar-refractivity contribution in [3.8, 4) is 0 Å². The van der Waals surface area contributed by atoms with Gasteiger partial charge in [0, 0.05) is 52.9 Å². The Kier molecular flexibility index (Phi) is 14.8. The molecule has 0 bridgehead atoms. The second-order valence-corrected chi connectivity index (χ2v) is 12.3. The summed E-state index contributed by atoms with van der Waals surface area (Å²) < 4.78 is 5.67. The van der Waals surface area contributed by atoms with Crippen LogP contribution in [0.1, 0.15) is 121 Å². The Morgan fingerprint density at radius 2 is 1.11 bits per heavy atom. The van der Waals surface area contributed by atoms with Crippen LogP contribution >= 0.6 is 0 Å². The van der Waals surface area contributed by atoms with Gasteiger partial charge in [-0.25, -0.2) is 4.52 Å². The van der Waals surface area contributed by atoms with Crippen LogP contribution in [0.15, 0.2) is 55.9 Å². The molecule has 0 aliphatic heterocycles. The second-order valence-electron chi connectivity index (χ2n) is 12.3. The minimum Gasteiger partial charge on any atom is -0.283 e. The van der Waals surface area contributed by atoms with Gasteiger partial charge in [-0.3, -0.25) is 23.8 Å². The van der Waals surface area contributed by atoms with E-state index in [-0.39, 0.29) is 16.2 Å². The Morgan fingerprint density at radius 3 is 1.71 bits per heavy atom. The van der Waals surface area contributed by atoms with Crippen LogP contribution in [0.3, 0.4) is 0 Å². The molecule has 0 aliphatic carbocycles. The van der Waals surface area contributed by atoms with Crippen molar-refractivity contribution in [1.82, 2.24) is 59.0 Å². The van der Waals surface area contributed by atoms with Gasteiger partial charge in [0.2, 0.25) is 0 Å². The van der Waals surface area contributed by atoms with E-state index in [1.165, 1.54) is 0 Å². The fraction of sp³-hybridized carbons (Fsp3) is 0.545. The Hall–Kier alpha value is -4.35. The molecule has 0 aliphatic rings. The fourth-order valence-electron chi connectivity index (χ4n) is 3.85. The van der Waals surface area contributed by atoms with Crippen LogP contribution in [-0.4, -0.2) is 59.0 Å². The zero-order chi connectivity index (χ0) is 34.4. The quantitative estimate of drug-likeness (QED) is 0.172. The van der Waals surface area contributed by atoms with E-state index in [9.17, 15) is 0 Å². The fourth-order valence-corrected chi connectivity index (χ4v) is 3.85. The van der Waals surface area contributed by atoms with Crippen LogP contribution in [-0.2, 0) is 16.2 Å². The molecule has 246 valence electrons. The first-order chi connectivity index (χ1) is 21.3. The van der Waals surface area contributed by atoms with Crippen LogP contribution in [0.5, 0.6) is 0 Å². The molecule has 12 heteroatoms. The normalized spacial score (nSPS) is 11.0. The lowest BCUT2D eigenvalue weighted by Crippen LogP contribution is -2.16. The predicted octanol–water partition coefficient (Wildman–Crippen LogP) is 7.34. The average molecular weight is 619 g/mol. The van der Waals surface area contributed by atoms with E-state index in [4.69, 9.17) is 0 Å². The molecule has 0 saturated carbocycles. The van der Waals surface area contributed by atoms with Crippen molar-refractivity contribution in [2.45, 2.75) is 120 Å². The van der Waals surface area contributed by atoms with E-state index in [1.807, 2.05) is 62.7 Å². The maximum Gasteiger partial charge on any atom is 0.179 e. The SMILES string of the molecule is CC.CC.CC.CC(C)(C)c1cncc2nncn12.CC(C)(C)c1nnc2cnccn12.CC(C)(C)c1nnn2ccncc12. The van der Waals surface area contributed by atoms with E-state index in [0.717, 1.165) is 34.0 Å². The molecule has 0 unspecified atom stereocenters. The minimum absolute atomic E-state index is 0.0147. The van der Waals surface area contributed by atoms with Gasteiger partial charge in [0.05, 0.1) is 24.3 Å². The van der Waals surface area contributed by atoms with Crippen LogP contribution in [0.25, 0.3) is 16.8 Å². The van der Waals surface area contributed by atoms with Crippen LogP contribution in [0, 0.1) is 0 Å². The molecule has 0 N–H and O–H groups in total. The van der Waals surface area contributed by atoms with Gasteiger partial charge in [0.25, 0.3) is 0 Å². The van der Waals surface area contributed by atoms with Crippen LogP contribution < -0.4 is 0 Å². The molecule has 45 heavy (non-hydrogen) atoms. The third-order valence-corrected chi connectivity index (χ3v) is 5.81. The highest BCUT2D eigenvalue weighted by Gasteiger charge is 2.21. The summed E-state index contributed by atoms with van der Waals surface area (Å²) in [5.41, 5.74) is 4.78. The number of hydrogen-bond donors (Lipinski definition) is 0. The average Bonchev–Trinajstić information content (AvgIpc) is 3.78. The van der Waals surface area contributed by atoms with Crippen molar-refractivity contribution in [3.63, 3.8) is 0 Å². The first kappa shape index (κ1) is 38.7. The third-order valence-electron chi connectivity index (χ3n) is 5.81. The third kappa shape index (κ3) is 10.4. The minimum atomic E-state index is 0.0147. The van der Waals surface area contributed by atoms with Gasteiger partial charge in [0.15, 0.2) is 11.3 Å². The Bertz CT molecular complexity index is 1580. The number of nitrogens with zero attached hydrogens (tertiary/aromatic N) is 12. The van der Waals surface area contributed by atoms with E-state index in [1.54, 1.807) is 48.0 Å². The van der Waals surface area contributed by atoms with Gasteiger partial charge in [0.1, 0.15) is 17.7 Å². The molecule has 0 amide bonds. The summed E-state index contributed by atoms with van der Waals surface area (Å²) >= 11 is 0. The van der Waals surface area contributed by atoms with E-state index in [0.29, 0.717) is 0 Å². The smallest absolute Gasteiger partial charge is 0.179 e. The number of rotatable bonds is 0. The largest absolute Gasteiger partial charge is 0.283 e. The summed E-state index contributed by atoms with van der Waals surface area (Å²) in [5.74, 6) is 0.963. The lowest BCUT2D eigenvalue weighted by atomic mass is 9.92. The van der Waals surface area contributed by atoms with Crippen LogP contribution in [0.2, 0.25) is 0 Å². The van der Waals surface area contributed by atoms with Gasteiger partial charge < -0.3 is 0 Å². The van der Waals surface area contributed by atoms with Crippen molar-refractivity contribution >= 4 is 16.8 Å². The molecule has 6 aromatic heterocycles. The monoisotopic (exact) mass is 618 g/mol. The second kappa shape index (κ2) is 17.2. The first-order valence-corrected chi connectivity index (χ1v) is 15.7. The number of hydrogen-bond acceptors (Lipinski definition) is 9. The summed E-state index contributed by atoms with van der Waals surface area (Å²) in [6.07, 6.45) is 15.9. The first-order valence-electron chi connectivity index (χ1n) is 15.7. The van der Waals surface area contributed by atoms with Crippen molar-refractivity contribution < 1.29 is 0 Å². The maximum absolute atomic E-state index is 4.14. The molecule has 0 spiro atoms. The Labute approximate surface area is 268 Å². The Morgan fingerprint density at radius 1 is 0.533 bits per heavy atom. The van der Waals surface area contributed by atoms with Gasteiger partial charge in [-0.05, 0) is 0 Å². The predicted molar refractivity (Wildman–Crippen MR) is 182 cm³/mol. The molecular weight excluding hydrogens is 564 g/mol. The van der Waals surface area contributed by atoms with Gasteiger partial charge in [-0.1, -0.05) is 109 Å². The molecule has 6 rings (SSSR count). The molecule has 0 fully saturated rings. The molecule has 0 aromatic carbocycles. The zero-order valence-electron chi connectivity index (χ0n) is 30.1. The van der Waals surface area contributed by atoms with E-state index < -0.39 is 0 Å². The highest BCUT2D eigenvalue weighted by molar-refractivity contribution is 5.51. The molecule has 0 saturated heterocycles.